The topological polar surface area (TPSA) is 86.8 Å². The Hall–Kier alpha value is -4.09. The van der Waals surface area contributed by atoms with Crippen molar-refractivity contribution in [2.45, 2.75) is 59.5 Å². The van der Waals surface area contributed by atoms with Gasteiger partial charge in [0.15, 0.2) is 0 Å². The minimum atomic E-state index is -0.436. The number of halogens is 1. The molecule has 1 N–H and O–H groups in total. The fourth-order valence-corrected chi connectivity index (χ4v) is 5.45. The standard InChI is InChI=1S/C31H33FN6O/c1-17(2)28-29(19(4)9-10-34-28)38-27-13-23(24-11-18(3)7-8-26(24)32)22(14-33)12-25(27)30(36-31(38)39)37-16-20(5)35-15-21(37)6/h7-13,17,20-21,35H,15-16H2,1-6H3/t20-,21+/m1/s1. The van der Waals surface area contributed by atoms with Crippen molar-refractivity contribution in [2.24, 2.45) is 0 Å². The lowest BCUT2D eigenvalue weighted by atomic mass is 9.95. The van der Waals surface area contributed by atoms with E-state index < -0.39 is 11.5 Å². The second-order valence-electron chi connectivity index (χ2n) is 10.9. The smallest absolute Gasteiger partial charge is 0.350 e. The van der Waals surface area contributed by atoms with Gasteiger partial charge < -0.3 is 10.2 Å². The molecule has 1 fully saturated rings. The SMILES string of the molecule is Cc1ccc(F)c(-c2cc3c(cc2C#N)c(N2C[C@@H](C)NC[C@@H]2C)nc(=O)n3-c2c(C)ccnc2C(C)C)c1. The van der Waals surface area contributed by atoms with Crippen molar-refractivity contribution in [3.05, 3.63) is 81.3 Å². The number of nitrogens with one attached hydrogen (secondary N) is 1. The van der Waals surface area contributed by atoms with E-state index in [1.54, 1.807) is 35.0 Å². The first-order valence-corrected chi connectivity index (χ1v) is 13.3. The van der Waals surface area contributed by atoms with E-state index in [9.17, 15) is 10.1 Å². The zero-order valence-corrected chi connectivity index (χ0v) is 23.2. The van der Waals surface area contributed by atoms with Crippen LogP contribution in [0.4, 0.5) is 10.2 Å². The normalized spacial score (nSPS) is 17.6. The summed E-state index contributed by atoms with van der Waals surface area (Å²) in [4.78, 5) is 25.4. The van der Waals surface area contributed by atoms with E-state index in [0.717, 1.165) is 23.4 Å². The summed E-state index contributed by atoms with van der Waals surface area (Å²) in [6.07, 6.45) is 1.74. The maximum Gasteiger partial charge on any atom is 0.354 e. The molecular formula is C31H33FN6O. The van der Waals surface area contributed by atoms with Gasteiger partial charge in [0.05, 0.1) is 28.5 Å². The largest absolute Gasteiger partial charge is 0.354 e. The maximum atomic E-state index is 15.2. The molecule has 2 aromatic heterocycles. The lowest BCUT2D eigenvalue weighted by Crippen LogP contribution is -2.55. The van der Waals surface area contributed by atoms with Crippen molar-refractivity contribution in [3.8, 4) is 22.9 Å². The first-order valence-electron chi connectivity index (χ1n) is 13.3. The van der Waals surface area contributed by atoms with Gasteiger partial charge in [0.1, 0.15) is 11.6 Å². The van der Waals surface area contributed by atoms with E-state index in [4.69, 9.17) is 0 Å². The summed E-state index contributed by atoms with van der Waals surface area (Å²) in [5.74, 6) is 0.153. The van der Waals surface area contributed by atoms with Crippen molar-refractivity contribution < 1.29 is 4.39 Å². The molecule has 2 atom stereocenters. The summed E-state index contributed by atoms with van der Waals surface area (Å²) in [6.45, 7) is 13.5. The van der Waals surface area contributed by atoms with E-state index in [1.807, 2.05) is 33.8 Å². The Labute approximate surface area is 227 Å². The molecule has 0 radical (unpaired) electrons. The number of anilines is 1. The predicted octanol–water partition coefficient (Wildman–Crippen LogP) is 5.39. The summed E-state index contributed by atoms with van der Waals surface area (Å²) in [5.41, 5.74) is 4.40. The molecule has 1 aliphatic rings. The highest BCUT2D eigenvalue weighted by molar-refractivity contribution is 5.96. The molecule has 3 heterocycles. The lowest BCUT2D eigenvalue weighted by molar-refractivity contribution is 0.423. The number of benzene rings is 2. The van der Waals surface area contributed by atoms with Crippen LogP contribution in [0.15, 0.2) is 47.4 Å². The number of hydrogen-bond acceptors (Lipinski definition) is 6. The molecule has 8 heteroatoms. The van der Waals surface area contributed by atoms with Crippen LogP contribution in [0.1, 0.15) is 56.0 Å². The van der Waals surface area contributed by atoms with Gasteiger partial charge in [-0.25, -0.2) is 9.18 Å². The molecule has 1 saturated heterocycles. The molecule has 1 aliphatic heterocycles. The van der Waals surface area contributed by atoms with Gasteiger partial charge >= 0.3 is 5.69 Å². The number of aryl methyl sites for hydroxylation is 2. The van der Waals surface area contributed by atoms with Crippen molar-refractivity contribution >= 4 is 16.7 Å². The number of fused-ring (bicyclic) bond motifs is 1. The van der Waals surface area contributed by atoms with Crippen LogP contribution in [-0.2, 0) is 0 Å². The number of aromatic nitrogens is 3. The monoisotopic (exact) mass is 524 g/mol. The van der Waals surface area contributed by atoms with Crippen LogP contribution in [0.2, 0.25) is 0 Å². The Balaban J connectivity index is 1.94. The second-order valence-corrected chi connectivity index (χ2v) is 10.9. The van der Waals surface area contributed by atoms with Gasteiger partial charge in [-0.05, 0) is 69.5 Å². The molecule has 2 aromatic carbocycles. The Morgan fingerprint density at radius 1 is 1.13 bits per heavy atom. The summed E-state index contributed by atoms with van der Waals surface area (Å²) in [6, 6.07) is 12.8. The van der Waals surface area contributed by atoms with E-state index in [-0.39, 0.29) is 18.0 Å². The summed E-state index contributed by atoms with van der Waals surface area (Å²) >= 11 is 0. The fraction of sp³-hybridized carbons (Fsp3) is 0.355. The summed E-state index contributed by atoms with van der Waals surface area (Å²) in [7, 11) is 0. The summed E-state index contributed by atoms with van der Waals surface area (Å²) in [5, 5.41) is 14.3. The summed E-state index contributed by atoms with van der Waals surface area (Å²) < 4.78 is 16.7. The van der Waals surface area contributed by atoms with E-state index >= 15 is 4.39 Å². The van der Waals surface area contributed by atoms with Crippen LogP contribution in [-0.4, -0.2) is 39.7 Å². The van der Waals surface area contributed by atoms with Gasteiger partial charge in [-0.1, -0.05) is 25.5 Å². The van der Waals surface area contributed by atoms with Crippen molar-refractivity contribution in [1.82, 2.24) is 19.9 Å². The van der Waals surface area contributed by atoms with E-state index in [1.165, 1.54) is 6.07 Å². The van der Waals surface area contributed by atoms with Crippen LogP contribution in [0, 0.1) is 31.0 Å². The second kappa shape index (κ2) is 10.2. The lowest BCUT2D eigenvalue weighted by Gasteiger charge is -2.39. The van der Waals surface area contributed by atoms with E-state index in [0.29, 0.717) is 45.6 Å². The van der Waals surface area contributed by atoms with Gasteiger partial charge in [0.25, 0.3) is 0 Å². The van der Waals surface area contributed by atoms with Gasteiger partial charge in [-0.2, -0.15) is 10.2 Å². The first-order chi connectivity index (χ1) is 18.6. The molecular weight excluding hydrogens is 491 g/mol. The van der Waals surface area contributed by atoms with Crippen molar-refractivity contribution in [2.75, 3.05) is 18.0 Å². The van der Waals surface area contributed by atoms with Crippen LogP contribution < -0.4 is 15.9 Å². The molecule has 39 heavy (non-hydrogen) atoms. The van der Waals surface area contributed by atoms with Gasteiger partial charge in [-0.3, -0.25) is 9.55 Å². The van der Waals surface area contributed by atoms with Crippen LogP contribution in [0.5, 0.6) is 0 Å². The molecule has 0 bridgehead atoms. The Bertz CT molecular complexity index is 1690. The Morgan fingerprint density at radius 3 is 2.62 bits per heavy atom. The third kappa shape index (κ3) is 4.68. The number of nitrogens with zero attached hydrogens (tertiary/aromatic N) is 5. The van der Waals surface area contributed by atoms with Crippen LogP contribution in [0.25, 0.3) is 27.7 Å². The Morgan fingerprint density at radius 2 is 1.90 bits per heavy atom. The van der Waals surface area contributed by atoms with Crippen molar-refractivity contribution in [1.29, 1.82) is 5.26 Å². The number of pyridine rings is 1. The minimum Gasteiger partial charge on any atom is -0.350 e. The molecule has 4 aromatic rings. The number of rotatable bonds is 4. The van der Waals surface area contributed by atoms with E-state index in [2.05, 4.69) is 40.1 Å². The number of piperazine rings is 1. The number of hydrogen-bond donors (Lipinski definition) is 1. The first kappa shape index (κ1) is 26.5. The predicted molar refractivity (Wildman–Crippen MR) is 153 cm³/mol. The molecule has 0 saturated carbocycles. The zero-order valence-electron chi connectivity index (χ0n) is 23.2. The molecule has 0 spiro atoms. The van der Waals surface area contributed by atoms with Gasteiger partial charge in [0.2, 0.25) is 0 Å². The van der Waals surface area contributed by atoms with Gasteiger partial charge in [-0.15, -0.1) is 0 Å². The minimum absolute atomic E-state index is 0.0441. The average molecular weight is 525 g/mol. The molecule has 0 aliphatic carbocycles. The quantitative estimate of drug-likeness (QED) is 0.386. The molecule has 5 rings (SSSR count). The average Bonchev–Trinajstić information content (AvgIpc) is 2.90. The highest BCUT2D eigenvalue weighted by atomic mass is 19.1. The molecule has 0 amide bonds. The molecule has 200 valence electrons. The number of nitriles is 1. The fourth-order valence-electron chi connectivity index (χ4n) is 5.45. The molecule has 0 unspecified atom stereocenters. The highest BCUT2D eigenvalue weighted by Crippen LogP contribution is 2.36. The molecule has 7 nitrogen and oxygen atoms in total. The zero-order chi connectivity index (χ0) is 28.0. The Kier molecular flexibility index (Phi) is 6.96. The third-order valence-electron chi connectivity index (χ3n) is 7.50. The highest BCUT2D eigenvalue weighted by Gasteiger charge is 2.28. The van der Waals surface area contributed by atoms with Crippen molar-refractivity contribution in [3.63, 3.8) is 0 Å². The third-order valence-corrected chi connectivity index (χ3v) is 7.50. The maximum absolute atomic E-state index is 15.2. The van der Waals surface area contributed by atoms with Crippen LogP contribution >= 0.6 is 0 Å². The van der Waals surface area contributed by atoms with Crippen LogP contribution in [0.3, 0.4) is 0 Å². The van der Waals surface area contributed by atoms with Gasteiger partial charge in [0, 0.05) is 47.9 Å².